The highest BCUT2D eigenvalue weighted by Crippen LogP contribution is 2.44. The zero-order chi connectivity index (χ0) is 22.1. The zero-order valence-corrected chi connectivity index (χ0v) is 18.6. The number of aryl methyl sites for hydroxylation is 2. The molecule has 0 spiro atoms. The highest BCUT2D eigenvalue weighted by atomic mass is 16.2. The number of unbranched alkanes of at least 4 members (excludes halogenated alkanes) is 2. The Morgan fingerprint density at radius 1 is 0.719 bits per heavy atom. The topological polar surface area (TPSA) is 50.3 Å². The van der Waals surface area contributed by atoms with Gasteiger partial charge in [0.2, 0.25) is 0 Å². The molecule has 4 nitrogen and oxygen atoms in total. The Morgan fingerprint density at radius 2 is 1.31 bits per heavy atom. The number of imide groups is 1. The predicted octanol–water partition coefficient (Wildman–Crippen LogP) is 6.54. The fourth-order valence-electron chi connectivity index (χ4n) is 5.58. The van der Waals surface area contributed by atoms with Crippen LogP contribution < -0.4 is 0 Å². The van der Waals surface area contributed by atoms with Gasteiger partial charge < -0.3 is 0 Å². The first kappa shape index (κ1) is 19.2. The quantitative estimate of drug-likeness (QED) is 0.144. The van der Waals surface area contributed by atoms with Crippen LogP contribution in [0.15, 0.2) is 42.6 Å². The summed E-state index contributed by atoms with van der Waals surface area (Å²) in [5, 5.41) is 8.55. The molecule has 32 heavy (non-hydrogen) atoms. The maximum Gasteiger partial charge on any atom is 0.261 e. The third-order valence-electron chi connectivity index (χ3n) is 7.11. The Bertz CT molecular complexity index is 1490. The molecule has 4 heteroatoms. The van der Waals surface area contributed by atoms with Crippen LogP contribution in [0, 0.1) is 13.8 Å². The number of nitrogens with zero attached hydrogens (tertiary/aromatic N) is 2. The van der Waals surface area contributed by atoms with E-state index in [1.807, 2.05) is 24.4 Å². The summed E-state index contributed by atoms with van der Waals surface area (Å²) >= 11 is 0. The summed E-state index contributed by atoms with van der Waals surface area (Å²) in [6.45, 7) is 6.77. The molecule has 158 valence electrons. The average Bonchev–Trinajstić information content (AvgIpc) is 2.80. The molecule has 0 aliphatic carbocycles. The van der Waals surface area contributed by atoms with E-state index in [-0.39, 0.29) is 11.8 Å². The number of rotatable bonds is 4. The first-order chi connectivity index (χ1) is 15.5. The summed E-state index contributed by atoms with van der Waals surface area (Å²) < 4.78 is 0. The van der Waals surface area contributed by atoms with Gasteiger partial charge in [0.05, 0.1) is 0 Å². The van der Waals surface area contributed by atoms with E-state index in [2.05, 4.69) is 39.0 Å². The second-order valence-corrected chi connectivity index (χ2v) is 8.98. The van der Waals surface area contributed by atoms with Gasteiger partial charge in [-0.15, -0.1) is 0 Å². The highest BCUT2D eigenvalue weighted by Gasteiger charge is 2.33. The van der Waals surface area contributed by atoms with Crippen LogP contribution in [0.25, 0.3) is 43.1 Å². The molecule has 2 amide bonds. The van der Waals surface area contributed by atoms with Crippen LogP contribution >= 0.6 is 0 Å². The Labute approximate surface area is 186 Å². The molecule has 0 bridgehead atoms. The van der Waals surface area contributed by atoms with Gasteiger partial charge in [-0.1, -0.05) is 44.0 Å². The monoisotopic (exact) mass is 420 g/mol. The van der Waals surface area contributed by atoms with Crippen molar-refractivity contribution in [2.24, 2.45) is 0 Å². The van der Waals surface area contributed by atoms with Gasteiger partial charge >= 0.3 is 0 Å². The van der Waals surface area contributed by atoms with Crippen molar-refractivity contribution in [2.45, 2.75) is 40.0 Å². The van der Waals surface area contributed by atoms with E-state index in [0.717, 1.165) is 57.3 Å². The van der Waals surface area contributed by atoms with E-state index < -0.39 is 0 Å². The number of pyridine rings is 1. The highest BCUT2D eigenvalue weighted by molar-refractivity contribution is 6.38. The second kappa shape index (κ2) is 6.73. The van der Waals surface area contributed by atoms with Crippen molar-refractivity contribution in [3.05, 3.63) is 65.0 Å². The molecule has 1 aliphatic rings. The lowest BCUT2D eigenvalue weighted by Gasteiger charge is -2.28. The number of hydrogen-bond donors (Lipinski definition) is 0. The van der Waals surface area contributed by atoms with Gasteiger partial charge in [0, 0.05) is 51.1 Å². The standard InChI is InChI=1S/C28H24N2O2/c1-4-5-6-13-30-27(31)20-11-9-18-17-8-7-15(2)23-16(3)29-14-22(25(17)23)19-10-12-21(28(30)32)26(20)24(18)19/h7-12,14H,4-6,13H2,1-3H3. The number of carbonyl (C=O) groups is 2. The number of hydrogen-bond acceptors (Lipinski definition) is 3. The first-order valence-electron chi connectivity index (χ1n) is 11.4. The molecule has 0 saturated carbocycles. The van der Waals surface area contributed by atoms with E-state index in [9.17, 15) is 9.59 Å². The molecule has 0 N–H and O–H groups in total. The van der Waals surface area contributed by atoms with Gasteiger partial charge in [-0.05, 0) is 59.5 Å². The summed E-state index contributed by atoms with van der Waals surface area (Å²) in [4.78, 5) is 32.8. The van der Waals surface area contributed by atoms with Gasteiger partial charge in [0.15, 0.2) is 0 Å². The third-order valence-corrected chi connectivity index (χ3v) is 7.11. The van der Waals surface area contributed by atoms with Crippen molar-refractivity contribution >= 4 is 54.9 Å². The number of fused-ring (bicyclic) bond motifs is 2. The average molecular weight is 421 g/mol. The Morgan fingerprint density at radius 3 is 1.97 bits per heavy atom. The van der Waals surface area contributed by atoms with Crippen molar-refractivity contribution in [3.8, 4) is 0 Å². The number of benzene rings is 4. The largest absolute Gasteiger partial charge is 0.274 e. The molecule has 0 saturated heterocycles. The maximum atomic E-state index is 13.4. The molecule has 1 aliphatic heterocycles. The molecular formula is C28H24N2O2. The van der Waals surface area contributed by atoms with Gasteiger partial charge in [-0.2, -0.15) is 0 Å². The van der Waals surface area contributed by atoms with Crippen LogP contribution in [0.4, 0.5) is 0 Å². The molecule has 0 radical (unpaired) electrons. The lowest BCUT2D eigenvalue weighted by Crippen LogP contribution is -2.40. The first-order valence-corrected chi connectivity index (χ1v) is 11.4. The smallest absolute Gasteiger partial charge is 0.261 e. The van der Waals surface area contributed by atoms with Gasteiger partial charge in [-0.3, -0.25) is 19.5 Å². The van der Waals surface area contributed by atoms with Crippen molar-refractivity contribution in [1.82, 2.24) is 9.88 Å². The van der Waals surface area contributed by atoms with Crippen LogP contribution in [-0.4, -0.2) is 28.2 Å². The van der Waals surface area contributed by atoms with Crippen molar-refractivity contribution in [3.63, 3.8) is 0 Å². The van der Waals surface area contributed by atoms with Crippen molar-refractivity contribution in [2.75, 3.05) is 6.54 Å². The van der Waals surface area contributed by atoms with E-state index in [0.29, 0.717) is 17.7 Å². The zero-order valence-electron chi connectivity index (χ0n) is 18.6. The third kappa shape index (κ3) is 2.35. The number of amides is 2. The normalized spacial score (nSPS) is 14.0. The van der Waals surface area contributed by atoms with Crippen molar-refractivity contribution < 1.29 is 9.59 Å². The molecule has 0 atom stereocenters. The van der Waals surface area contributed by atoms with E-state index in [1.54, 1.807) is 0 Å². The Hall–Kier alpha value is -3.53. The minimum absolute atomic E-state index is 0.177. The van der Waals surface area contributed by atoms with Gasteiger partial charge in [0.1, 0.15) is 0 Å². The maximum absolute atomic E-state index is 13.4. The lowest BCUT2D eigenvalue weighted by molar-refractivity contribution is 0.0608. The van der Waals surface area contributed by atoms with Crippen LogP contribution in [0.1, 0.15) is 58.2 Å². The predicted molar refractivity (Wildman–Crippen MR) is 130 cm³/mol. The van der Waals surface area contributed by atoms with Crippen molar-refractivity contribution in [1.29, 1.82) is 0 Å². The van der Waals surface area contributed by atoms with Gasteiger partial charge in [-0.25, -0.2) is 0 Å². The molecule has 0 unspecified atom stereocenters. The Balaban J connectivity index is 1.73. The number of carbonyl (C=O) groups excluding carboxylic acids is 2. The summed E-state index contributed by atoms with van der Waals surface area (Å²) in [6, 6.07) is 12.2. The summed E-state index contributed by atoms with van der Waals surface area (Å²) in [6.07, 6.45) is 4.83. The minimum Gasteiger partial charge on any atom is -0.274 e. The Kier molecular flexibility index (Phi) is 4.03. The minimum atomic E-state index is -0.177. The summed E-state index contributed by atoms with van der Waals surface area (Å²) in [7, 11) is 0. The van der Waals surface area contributed by atoms with Crippen LogP contribution in [0.5, 0.6) is 0 Å². The SMILES string of the molecule is CCCCCN1C(=O)c2ccc3c4ccc(C)c5c(C)ncc(c6ccc(c2c36)C1=O)c54. The van der Waals surface area contributed by atoms with E-state index in [4.69, 9.17) is 4.98 Å². The summed E-state index contributed by atoms with van der Waals surface area (Å²) in [5.74, 6) is -0.353. The molecule has 1 aromatic heterocycles. The molecule has 0 fully saturated rings. The molecular weight excluding hydrogens is 396 g/mol. The second-order valence-electron chi connectivity index (χ2n) is 8.98. The summed E-state index contributed by atoms with van der Waals surface area (Å²) in [5.41, 5.74) is 3.48. The number of aromatic nitrogens is 1. The molecule has 5 aromatic rings. The fraction of sp³-hybridized carbons (Fsp3) is 0.250. The molecule has 6 rings (SSSR count). The van der Waals surface area contributed by atoms with Crippen LogP contribution in [0.3, 0.4) is 0 Å². The van der Waals surface area contributed by atoms with E-state index in [1.165, 1.54) is 21.2 Å². The van der Waals surface area contributed by atoms with E-state index >= 15 is 0 Å². The molecule has 4 aromatic carbocycles. The lowest BCUT2D eigenvalue weighted by atomic mass is 9.84. The fourth-order valence-corrected chi connectivity index (χ4v) is 5.58. The molecule has 2 heterocycles. The van der Waals surface area contributed by atoms with Crippen LogP contribution in [0.2, 0.25) is 0 Å². The van der Waals surface area contributed by atoms with Crippen LogP contribution in [-0.2, 0) is 0 Å². The van der Waals surface area contributed by atoms with Gasteiger partial charge in [0.25, 0.3) is 11.8 Å².